The molecule has 8 nitrogen and oxygen atoms in total. The summed E-state index contributed by atoms with van der Waals surface area (Å²) in [5.74, 6) is -1.31. The van der Waals surface area contributed by atoms with E-state index in [0.717, 1.165) is 22.9 Å². The number of rotatable bonds is 6. The van der Waals surface area contributed by atoms with Crippen molar-refractivity contribution in [2.45, 2.75) is 6.54 Å². The van der Waals surface area contributed by atoms with E-state index in [9.17, 15) is 23.6 Å². The molecular weight excluding hydrogens is 435 g/mol. The number of nitrogens with zero attached hydrogens (tertiary/aromatic N) is 3. The van der Waals surface area contributed by atoms with Crippen molar-refractivity contribution >= 4 is 45.9 Å². The van der Waals surface area contributed by atoms with E-state index in [-0.39, 0.29) is 24.5 Å². The fraction of sp³-hybridized carbons (Fsp3) is 0.136. The first-order chi connectivity index (χ1) is 15.4. The minimum absolute atomic E-state index is 0.0108. The average Bonchev–Trinajstić information content (AvgIpc) is 3.04. The van der Waals surface area contributed by atoms with E-state index in [1.165, 1.54) is 34.9 Å². The highest BCUT2D eigenvalue weighted by Crippen LogP contribution is 2.31. The second kappa shape index (κ2) is 9.15. The van der Waals surface area contributed by atoms with Gasteiger partial charge < -0.3 is 5.32 Å². The Bertz CT molecular complexity index is 1300. The monoisotopic (exact) mass is 452 g/mol. The number of hydrogen-bond donors (Lipinski definition) is 1. The SMILES string of the molecule is O=C(Cn1c(=O)cnc2ccccc21)NCCN1C(=O)SC(=Cc2ccc(F)cc2)C1=O. The van der Waals surface area contributed by atoms with Gasteiger partial charge in [-0.25, -0.2) is 9.37 Å². The van der Waals surface area contributed by atoms with Crippen molar-refractivity contribution in [3.05, 3.63) is 81.4 Å². The third-order valence-electron chi connectivity index (χ3n) is 4.75. The molecule has 2 aromatic carbocycles. The highest BCUT2D eigenvalue weighted by Gasteiger charge is 2.34. The van der Waals surface area contributed by atoms with Gasteiger partial charge in [0.2, 0.25) is 5.91 Å². The Labute approximate surface area is 185 Å². The molecule has 0 aliphatic carbocycles. The lowest BCUT2D eigenvalue weighted by Crippen LogP contribution is -2.39. The summed E-state index contributed by atoms with van der Waals surface area (Å²) in [5.41, 5.74) is 1.31. The predicted molar refractivity (Wildman–Crippen MR) is 118 cm³/mol. The van der Waals surface area contributed by atoms with Crippen LogP contribution in [0.25, 0.3) is 17.1 Å². The summed E-state index contributed by atoms with van der Waals surface area (Å²) in [6.45, 7) is -0.185. The number of fused-ring (bicyclic) bond motifs is 1. The van der Waals surface area contributed by atoms with Gasteiger partial charge in [0.05, 0.1) is 22.1 Å². The maximum absolute atomic E-state index is 13.0. The van der Waals surface area contributed by atoms with E-state index >= 15 is 0 Å². The van der Waals surface area contributed by atoms with Crippen molar-refractivity contribution in [2.75, 3.05) is 13.1 Å². The molecule has 1 N–H and O–H groups in total. The number of thioether (sulfide) groups is 1. The zero-order valence-electron chi connectivity index (χ0n) is 16.7. The van der Waals surface area contributed by atoms with Crippen molar-refractivity contribution in [1.29, 1.82) is 0 Å². The zero-order chi connectivity index (χ0) is 22.7. The van der Waals surface area contributed by atoms with Crippen LogP contribution in [-0.4, -0.2) is 44.6 Å². The summed E-state index contributed by atoms with van der Waals surface area (Å²) < 4.78 is 14.3. The topological polar surface area (TPSA) is 101 Å². The van der Waals surface area contributed by atoms with Crippen molar-refractivity contribution in [3.63, 3.8) is 0 Å². The molecule has 1 aliphatic heterocycles. The first-order valence-electron chi connectivity index (χ1n) is 9.64. The van der Waals surface area contributed by atoms with Crippen LogP contribution in [-0.2, 0) is 16.1 Å². The molecule has 0 saturated carbocycles. The lowest BCUT2D eigenvalue weighted by atomic mass is 10.2. The lowest BCUT2D eigenvalue weighted by Gasteiger charge is -2.14. The molecule has 0 atom stereocenters. The van der Waals surface area contributed by atoms with Gasteiger partial charge in [-0.1, -0.05) is 24.3 Å². The van der Waals surface area contributed by atoms with Crippen LogP contribution in [0.15, 0.2) is 64.4 Å². The molecule has 4 rings (SSSR count). The van der Waals surface area contributed by atoms with E-state index in [1.807, 2.05) is 0 Å². The first kappa shape index (κ1) is 21.4. The van der Waals surface area contributed by atoms with E-state index in [1.54, 1.807) is 24.3 Å². The number of aromatic nitrogens is 2. The van der Waals surface area contributed by atoms with Gasteiger partial charge in [-0.15, -0.1) is 0 Å². The van der Waals surface area contributed by atoms with Crippen LogP contribution in [0, 0.1) is 5.82 Å². The van der Waals surface area contributed by atoms with Crippen LogP contribution in [0.5, 0.6) is 0 Å². The number of hydrogen-bond acceptors (Lipinski definition) is 6. The number of para-hydroxylation sites is 2. The Kier molecular flexibility index (Phi) is 6.13. The van der Waals surface area contributed by atoms with Crippen LogP contribution >= 0.6 is 11.8 Å². The van der Waals surface area contributed by atoms with Gasteiger partial charge in [-0.2, -0.15) is 0 Å². The van der Waals surface area contributed by atoms with E-state index in [0.29, 0.717) is 16.6 Å². The summed E-state index contributed by atoms with van der Waals surface area (Å²) in [6, 6.07) is 12.5. The van der Waals surface area contributed by atoms with Crippen molar-refractivity contribution in [3.8, 4) is 0 Å². The molecule has 32 heavy (non-hydrogen) atoms. The molecule has 162 valence electrons. The Morgan fingerprint density at radius 2 is 1.84 bits per heavy atom. The molecule has 0 bridgehead atoms. The number of halogens is 1. The molecular formula is C22H17FN4O4S. The number of carbonyl (C=O) groups excluding carboxylic acids is 3. The lowest BCUT2D eigenvalue weighted by molar-refractivity contribution is -0.124. The standard InChI is InChI=1S/C22H17FN4O4S/c23-15-7-5-14(6-8-15)11-18-21(30)26(22(31)32-18)10-9-24-19(28)13-27-17-4-2-1-3-16(17)25-12-20(27)29/h1-8,11-12H,9-10,13H2,(H,24,28). The normalized spacial score (nSPS) is 15.0. The molecule has 0 spiro atoms. The number of benzene rings is 2. The Balaban J connectivity index is 1.36. The van der Waals surface area contributed by atoms with Gasteiger partial charge in [0.1, 0.15) is 12.4 Å². The fourth-order valence-corrected chi connectivity index (χ4v) is 4.05. The summed E-state index contributed by atoms with van der Waals surface area (Å²) >= 11 is 0.785. The molecule has 0 radical (unpaired) electrons. The van der Waals surface area contributed by atoms with Crippen LogP contribution in [0.3, 0.4) is 0 Å². The third kappa shape index (κ3) is 4.59. The van der Waals surface area contributed by atoms with Crippen LogP contribution in [0.4, 0.5) is 9.18 Å². The minimum Gasteiger partial charge on any atom is -0.353 e. The fourth-order valence-electron chi connectivity index (χ4n) is 3.19. The molecule has 1 saturated heterocycles. The molecule has 0 unspecified atom stereocenters. The zero-order valence-corrected chi connectivity index (χ0v) is 17.5. The van der Waals surface area contributed by atoms with Crippen LogP contribution in [0.1, 0.15) is 5.56 Å². The maximum atomic E-state index is 13.0. The minimum atomic E-state index is -0.477. The Morgan fingerprint density at radius 3 is 2.62 bits per heavy atom. The van der Waals surface area contributed by atoms with Gasteiger partial charge in [-0.05, 0) is 47.7 Å². The molecule has 2 heterocycles. The maximum Gasteiger partial charge on any atom is 0.293 e. The van der Waals surface area contributed by atoms with E-state index in [4.69, 9.17) is 0 Å². The number of imide groups is 1. The van der Waals surface area contributed by atoms with Gasteiger partial charge in [0.25, 0.3) is 16.7 Å². The third-order valence-corrected chi connectivity index (χ3v) is 5.66. The van der Waals surface area contributed by atoms with E-state index in [2.05, 4.69) is 10.3 Å². The Hall–Kier alpha value is -3.79. The smallest absolute Gasteiger partial charge is 0.293 e. The second-order valence-electron chi connectivity index (χ2n) is 6.91. The molecule has 1 fully saturated rings. The highest BCUT2D eigenvalue weighted by molar-refractivity contribution is 8.18. The van der Waals surface area contributed by atoms with E-state index < -0.39 is 28.4 Å². The summed E-state index contributed by atoms with van der Waals surface area (Å²) in [5, 5.41) is 2.18. The van der Waals surface area contributed by atoms with Gasteiger partial charge in [0, 0.05) is 13.1 Å². The molecule has 3 amide bonds. The van der Waals surface area contributed by atoms with Crippen molar-refractivity contribution in [2.24, 2.45) is 0 Å². The highest BCUT2D eigenvalue weighted by atomic mass is 32.2. The summed E-state index contributed by atoms with van der Waals surface area (Å²) in [4.78, 5) is 54.5. The van der Waals surface area contributed by atoms with Crippen LogP contribution in [0.2, 0.25) is 0 Å². The van der Waals surface area contributed by atoms with Gasteiger partial charge in [0.15, 0.2) is 0 Å². The Morgan fingerprint density at radius 1 is 1.09 bits per heavy atom. The average molecular weight is 452 g/mol. The van der Waals surface area contributed by atoms with Crippen molar-refractivity contribution < 1.29 is 18.8 Å². The largest absolute Gasteiger partial charge is 0.353 e. The summed E-state index contributed by atoms with van der Waals surface area (Å²) in [7, 11) is 0. The van der Waals surface area contributed by atoms with Crippen molar-refractivity contribution in [1.82, 2.24) is 19.8 Å². The number of amides is 3. The van der Waals surface area contributed by atoms with Crippen LogP contribution < -0.4 is 10.9 Å². The van der Waals surface area contributed by atoms with Gasteiger partial charge in [-0.3, -0.25) is 28.6 Å². The molecule has 1 aromatic heterocycles. The molecule has 3 aromatic rings. The molecule has 1 aliphatic rings. The number of nitrogens with one attached hydrogen (secondary N) is 1. The summed E-state index contributed by atoms with van der Waals surface area (Å²) in [6.07, 6.45) is 2.67. The quantitative estimate of drug-likeness (QED) is 0.577. The molecule has 10 heteroatoms. The second-order valence-corrected chi connectivity index (χ2v) is 7.90. The number of carbonyl (C=O) groups is 3. The predicted octanol–water partition coefficient (Wildman–Crippen LogP) is 2.39. The van der Waals surface area contributed by atoms with Gasteiger partial charge >= 0.3 is 0 Å². The first-order valence-corrected chi connectivity index (χ1v) is 10.5.